The fraction of sp³-hybridized carbons (Fsp3) is 0.231. The van der Waals surface area contributed by atoms with Crippen LogP contribution in [0.4, 0.5) is 0 Å². The molecule has 1 atom stereocenters. The molecule has 7 nitrogen and oxygen atoms in total. The van der Waals surface area contributed by atoms with Crippen LogP contribution < -0.4 is 5.73 Å². The Hall–Kier alpha value is -2.41. The number of hydrogen-bond donors (Lipinski definition) is 2. The number of primary amides is 1. The molecule has 0 spiro atoms. The average Bonchev–Trinajstić information content (AvgIpc) is 2.84. The summed E-state index contributed by atoms with van der Waals surface area (Å²) in [5.41, 5.74) is 6.01. The number of benzene rings is 1. The van der Waals surface area contributed by atoms with Crippen molar-refractivity contribution in [3.05, 3.63) is 46.2 Å². The Kier molecular flexibility index (Phi) is 4.23. The van der Waals surface area contributed by atoms with Crippen molar-refractivity contribution in [2.45, 2.75) is 19.4 Å². The van der Waals surface area contributed by atoms with Crippen LogP contribution in [0.3, 0.4) is 0 Å². The summed E-state index contributed by atoms with van der Waals surface area (Å²) in [5.74, 6) is -1.85. The highest BCUT2D eigenvalue weighted by Gasteiger charge is 2.24. The van der Waals surface area contributed by atoms with Crippen LogP contribution in [0.1, 0.15) is 34.7 Å². The molecule has 2 aromatic rings. The monoisotopic (exact) mass is 308 g/mol. The molecule has 1 heterocycles. The molecule has 0 saturated carbocycles. The summed E-state index contributed by atoms with van der Waals surface area (Å²) in [7, 11) is 0. The molecule has 1 aromatic carbocycles. The molecule has 1 unspecified atom stereocenters. The van der Waals surface area contributed by atoms with E-state index in [4.69, 9.17) is 17.3 Å². The van der Waals surface area contributed by atoms with Crippen LogP contribution >= 0.6 is 11.6 Å². The number of aromatic carboxylic acids is 1. The minimum absolute atomic E-state index is 0.186. The third-order valence-corrected chi connectivity index (χ3v) is 3.46. The molecule has 0 aliphatic heterocycles. The van der Waals surface area contributed by atoms with Crippen molar-refractivity contribution in [2.24, 2.45) is 5.73 Å². The van der Waals surface area contributed by atoms with Crippen LogP contribution in [0.25, 0.3) is 0 Å². The lowest BCUT2D eigenvalue weighted by Crippen LogP contribution is -2.26. The van der Waals surface area contributed by atoms with Crippen LogP contribution in [0.2, 0.25) is 5.02 Å². The van der Waals surface area contributed by atoms with Crippen molar-refractivity contribution in [1.29, 1.82) is 0 Å². The van der Waals surface area contributed by atoms with Crippen molar-refractivity contribution in [2.75, 3.05) is 0 Å². The van der Waals surface area contributed by atoms with Crippen molar-refractivity contribution >= 4 is 23.5 Å². The molecule has 0 fully saturated rings. The standard InChI is InChI=1S/C13H13ClN4O3/c1-7(12(15)19)18-10(11(13(20)21)16-17-18)6-8-4-2-3-5-9(8)14/h2-5,7H,6H2,1H3,(H2,15,19)(H,20,21). The van der Waals surface area contributed by atoms with Gasteiger partial charge < -0.3 is 10.8 Å². The Balaban J connectivity index is 2.49. The summed E-state index contributed by atoms with van der Waals surface area (Å²) < 4.78 is 1.22. The van der Waals surface area contributed by atoms with Gasteiger partial charge in [0.2, 0.25) is 5.91 Å². The molecule has 0 radical (unpaired) electrons. The number of carboxylic acid groups (broad SMARTS) is 1. The summed E-state index contributed by atoms with van der Waals surface area (Å²) in [6.45, 7) is 1.53. The summed E-state index contributed by atoms with van der Waals surface area (Å²) in [4.78, 5) is 22.5. The number of nitrogens with zero attached hydrogens (tertiary/aromatic N) is 3. The third-order valence-electron chi connectivity index (χ3n) is 3.09. The second-order valence-corrected chi connectivity index (χ2v) is 4.89. The molecule has 8 heteroatoms. The predicted octanol–water partition coefficient (Wildman–Crippen LogP) is 1.27. The summed E-state index contributed by atoms with van der Waals surface area (Å²) >= 11 is 6.08. The van der Waals surface area contributed by atoms with Crippen LogP contribution in [-0.4, -0.2) is 32.0 Å². The first-order valence-corrected chi connectivity index (χ1v) is 6.49. The minimum Gasteiger partial charge on any atom is -0.476 e. The Bertz CT molecular complexity index is 698. The largest absolute Gasteiger partial charge is 0.476 e. The molecule has 0 bridgehead atoms. The second kappa shape index (κ2) is 5.92. The maximum Gasteiger partial charge on any atom is 0.358 e. The number of hydrogen-bond acceptors (Lipinski definition) is 4. The normalized spacial score (nSPS) is 12.1. The van der Waals surface area contributed by atoms with Crippen molar-refractivity contribution < 1.29 is 14.7 Å². The number of carboxylic acids is 1. The number of amides is 1. The highest BCUT2D eigenvalue weighted by Crippen LogP contribution is 2.22. The molecule has 0 saturated heterocycles. The van der Waals surface area contributed by atoms with E-state index in [1.54, 1.807) is 24.3 Å². The van der Waals surface area contributed by atoms with Gasteiger partial charge in [0.1, 0.15) is 6.04 Å². The first-order chi connectivity index (χ1) is 9.91. The average molecular weight is 309 g/mol. The zero-order valence-corrected chi connectivity index (χ0v) is 11.9. The Morgan fingerprint density at radius 3 is 2.67 bits per heavy atom. The fourth-order valence-corrected chi connectivity index (χ4v) is 2.10. The summed E-state index contributed by atoms with van der Waals surface area (Å²) in [5, 5.41) is 17.0. The molecule has 2 rings (SSSR count). The number of carbonyl (C=O) groups excluding carboxylic acids is 1. The smallest absolute Gasteiger partial charge is 0.358 e. The van der Waals surface area contributed by atoms with Gasteiger partial charge in [0.15, 0.2) is 5.69 Å². The molecule has 110 valence electrons. The lowest BCUT2D eigenvalue weighted by Gasteiger charge is -2.12. The minimum atomic E-state index is -1.22. The van der Waals surface area contributed by atoms with E-state index in [1.165, 1.54) is 11.6 Å². The van der Waals surface area contributed by atoms with E-state index in [9.17, 15) is 14.7 Å². The quantitative estimate of drug-likeness (QED) is 0.864. The fourth-order valence-electron chi connectivity index (χ4n) is 1.90. The number of carbonyl (C=O) groups is 2. The van der Waals surface area contributed by atoms with E-state index < -0.39 is 17.9 Å². The van der Waals surface area contributed by atoms with Crippen LogP contribution in [0.5, 0.6) is 0 Å². The number of rotatable bonds is 5. The molecule has 0 aliphatic rings. The molecule has 3 N–H and O–H groups in total. The van der Waals surface area contributed by atoms with E-state index >= 15 is 0 Å². The van der Waals surface area contributed by atoms with Crippen LogP contribution in [0.15, 0.2) is 24.3 Å². The van der Waals surface area contributed by atoms with E-state index in [0.29, 0.717) is 10.6 Å². The molecule has 1 aromatic heterocycles. The van der Waals surface area contributed by atoms with E-state index in [-0.39, 0.29) is 17.8 Å². The van der Waals surface area contributed by atoms with Gasteiger partial charge >= 0.3 is 5.97 Å². The number of aromatic nitrogens is 3. The molecular weight excluding hydrogens is 296 g/mol. The number of nitrogens with two attached hydrogens (primary N) is 1. The summed E-state index contributed by atoms with van der Waals surface area (Å²) in [6, 6.07) is 6.21. The maximum atomic E-state index is 11.3. The van der Waals surface area contributed by atoms with Gasteiger partial charge in [0.25, 0.3) is 0 Å². The lowest BCUT2D eigenvalue weighted by atomic mass is 10.1. The zero-order chi connectivity index (χ0) is 15.6. The van der Waals surface area contributed by atoms with Crippen molar-refractivity contribution in [1.82, 2.24) is 15.0 Å². The zero-order valence-electron chi connectivity index (χ0n) is 11.2. The molecular formula is C13H13ClN4O3. The van der Waals surface area contributed by atoms with Gasteiger partial charge in [-0.25, -0.2) is 9.48 Å². The topological polar surface area (TPSA) is 111 Å². The Labute approximate surface area is 125 Å². The first kappa shape index (κ1) is 15.0. The summed E-state index contributed by atoms with van der Waals surface area (Å²) in [6.07, 6.45) is 0.186. The van der Waals surface area contributed by atoms with E-state index in [0.717, 1.165) is 0 Å². The highest BCUT2D eigenvalue weighted by atomic mass is 35.5. The van der Waals surface area contributed by atoms with Gasteiger partial charge in [0.05, 0.1) is 5.69 Å². The Morgan fingerprint density at radius 1 is 1.43 bits per heavy atom. The van der Waals surface area contributed by atoms with Gasteiger partial charge in [-0.05, 0) is 18.6 Å². The Morgan fingerprint density at radius 2 is 2.10 bits per heavy atom. The van der Waals surface area contributed by atoms with E-state index in [2.05, 4.69) is 10.3 Å². The second-order valence-electron chi connectivity index (χ2n) is 4.48. The van der Waals surface area contributed by atoms with Gasteiger partial charge in [0, 0.05) is 11.4 Å². The molecule has 1 amide bonds. The highest BCUT2D eigenvalue weighted by molar-refractivity contribution is 6.31. The van der Waals surface area contributed by atoms with Crippen LogP contribution in [-0.2, 0) is 11.2 Å². The van der Waals surface area contributed by atoms with Gasteiger partial charge in [-0.2, -0.15) is 0 Å². The van der Waals surface area contributed by atoms with E-state index in [1.807, 2.05) is 0 Å². The first-order valence-electron chi connectivity index (χ1n) is 6.12. The maximum absolute atomic E-state index is 11.3. The predicted molar refractivity (Wildman–Crippen MR) is 75.1 cm³/mol. The SMILES string of the molecule is CC(C(N)=O)n1nnc(C(=O)O)c1Cc1ccccc1Cl. The van der Waals surface area contributed by atoms with Gasteiger partial charge in [-0.1, -0.05) is 35.0 Å². The molecule has 0 aliphatic carbocycles. The third kappa shape index (κ3) is 3.03. The number of halogens is 1. The van der Waals surface area contributed by atoms with Crippen molar-refractivity contribution in [3.8, 4) is 0 Å². The van der Waals surface area contributed by atoms with Crippen LogP contribution in [0, 0.1) is 0 Å². The molecule has 21 heavy (non-hydrogen) atoms. The van der Waals surface area contributed by atoms with Crippen molar-refractivity contribution in [3.63, 3.8) is 0 Å². The van der Waals surface area contributed by atoms with Gasteiger partial charge in [-0.3, -0.25) is 4.79 Å². The lowest BCUT2D eigenvalue weighted by molar-refractivity contribution is -0.121. The van der Waals surface area contributed by atoms with Gasteiger partial charge in [-0.15, -0.1) is 5.10 Å².